The highest BCUT2D eigenvalue weighted by atomic mass is 79.9. The first kappa shape index (κ1) is 23.7. The number of anilines is 1. The Balaban J connectivity index is 1.60. The molecule has 0 atom stereocenters. The van der Waals surface area contributed by atoms with Crippen molar-refractivity contribution in [2.75, 3.05) is 24.1 Å². The van der Waals surface area contributed by atoms with Crippen molar-refractivity contribution in [1.29, 1.82) is 0 Å². The number of hydrazone groups is 1. The van der Waals surface area contributed by atoms with Gasteiger partial charge in [0.25, 0.3) is 15.9 Å². The lowest BCUT2D eigenvalue weighted by molar-refractivity contribution is -0.119. The highest BCUT2D eigenvalue weighted by Gasteiger charge is 2.29. The molecule has 3 aromatic carbocycles. The summed E-state index contributed by atoms with van der Waals surface area (Å²) in [5.41, 5.74) is 3.16. The minimum atomic E-state index is -4.22. The molecule has 34 heavy (non-hydrogen) atoms. The van der Waals surface area contributed by atoms with Crippen molar-refractivity contribution in [3.05, 3.63) is 82.6 Å². The molecule has 1 N–H and O–H groups in total. The molecule has 0 spiro atoms. The van der Waals surface area contributed by atoms with Crippen LogP contribution in [0.25, 0.3) is 0 Å². The number of sulfonamides is 1. The van der Waals surface area contributed by atoms with Crippen molar-refractivity contribution in [3.63, 3.8) is 0 Å². The Labute approximate surface area is 204 Å². The second-order valence-corrected chi connectivity index (χ2v) is 9.82. The maximum atomic E-state index is 13.5. The van der Waals surface area contributed by atoms with Crippen LogP contribution >= 0.6 is 15.9 Å². The highest BCUT2D eigenvalue weighted by molar-refractivity contribution is 9.10. The number of hydrogen-bond donors (Lipinski definition) is 1. The van der Waals surface area contributed by atoms with Crippen LogP contribution in [0.2, 0.25) is 0 Å². The zero-order valence-corrected chi connectivity index (χ0v) is 20.1. The number of carbonyl (C=O) groups is 1. The van der Waals surface area contributed by atoms with Crippen molar-refractivity contribution in [2.45, 2.75) is 4.90 Å². The number of amides is 1. The van der Waals surface area contributed by atoms with Gasteiger partial charge in [0.2, 0.25) is 0 Å². The minimum Gasteiger partial charge on any atom is -0.486 e. The molecule has 3 aromatic rings. The smallest absolute Gasteiger partial charge is 0.264 e. The second kappa shape index (κ2) is 10.2. The topological polar surface area (TPSA) is 97.3 Å². The van der Waals surface area contributed by atoms with E-state index in [-0.39, 0.29) is 22.9 Å². The van der Waals surface area contributed by atoms with Gasteiger partial charge in [-0.2, -0.15) is 5.10 Å². The first-order valence-electron chi connectivity index (χ1n) is 10.1. The zero-order valence-electron chi connectivity index (χ0n) is 17.6. The number of ether oxygens (including phenoxy) is 2. The highest BCUT2D eigenvalue weighted by Crippen LogP contribution is 2.34. The number of halogens is 2. The quantitative estimate of drug-likeness (QED) is 0.359. The van der Waals surface area contributed by atoms with Gasteiger partial charge in [-0.3, -0.25) is 9.10 Å². The Morgan fingerprint density at radius 2 is 1.76 bits per heavy atom. The van der Waals surface area contributed by atoms with E-state index < -0.39 is 28.3 Å². The third-order valence-electron chi connectivity index (χ3n) is 4.80. The predicted molar refractivity (Wildman–Crippen MR) is 128 cm³/mol. The van der Waals surface area contributed by atoms with E-state index in [0.717, 1.165) is 26.5 Å². The SMILES string of the molecule is O=C(CN(c1ccc(F)cc1)S(=O)(=O)c1ccc2c(c1)OCCO2)N/N=C\c1ccccc1Br. The second-order valence-electron chi connectivity index (χ2n) is 7.11. The normalized spacial score (nSPS) is 13.0. The number of benzene rings is 3. The van der Waals surface area contributed by atoms with Crippen molar-refractivity contribution >= 4 is 43.8 Å². The van der Waals surface area contributed by atoms with Crippen LogP contribution < -0.4 is 19.2 Å². The van der Waals surface area contributed by atoms with Crippen LogP contribution in [0.3, 0.4) is 0 Å². The molecule has 0 aliphatic carbocycles. The summed E-state index contributed by atoms with van der Waals surface area (Å²) in [4.78, 5) is 12.5. The van der Waals surface area contributed by atoms with E-state index in [9.17, 15) is 17.6 Å². The van der Waals surface area contributed by atoms with Gasteiger partial charge in [0.05, 0.1) is 16.8 Å². The van der Waals surface area contributed by atoms with E-state index >= 15 is 0 Å². The van der Waals surface area contributed by atoms with E-state index in [1.165, 1.54) is 36.5 Å². The standard InChI is InChI=1S/C23H19BrFN3O5S/c24-20-4-2-1-3-16(20)14-26-27-23(29)15-28(18-7-5-17(25)6-8-18)34(30,31)19-9-10-21-22(13-19)33-12-11-32-21/h1-10,13-14H,11-12,15H2,(H,27,29)/b26-14-. The fourth-order valence-corrected chi connectivity index (χ4v) is 4.98. The number of rotatable bonds is 7. The molecule has 1 heterocycles. The maximum absolute atomic E-state index is 13.5. The molecule has 0 radical (unpaired) electrons. The summed E-state index contributed by atoms with van der Waals surface area (Å²) in [5, 5.41) is 3.90. The molecule has 176 valence electrons. The Hall–Kier alpha value is -3.44. The Bertz CT molecular complexity index is 1330. The number of hydrogen-bond acceptors (Lipinski definition) is 6. The molecule has 1 aliphatic rings. The van der Waals surface area contributed by atoms with Crippen LogP contribution in [-0.4, -0.2) is 40.3 Å². The zero-order chi connectivity index (χ0) is 24.1. The molecule has 0 saturated heterocycles. The van der Waals surface area contributed by atoms with Crippen LogP contribution in [0.5, 0.6) is 11.5 Å². The van der Waals surface area contributed by atoms with Crippen LogP contribution in [-0.2, 0) is 14.8 Å². The average molecular weight is 548 g/mol. The van der Waals surface area contributed by atoms with Gasteiger partial charge in [-0.15, -0.1) is 0 Å². The van der Waals surface area contributed by atoms with E-state index in [0.29, 0.717) is 12.4 Å². The number of nitrogens with zero attached hydrogens (tertiary/aromatic N) is 2. The summed E-state index contributed by atoms with van der Waals surface area (Å²) >= 11 is 3.38. The predicted octanol–water partition coefficient (Wildman–Crippen LogP) is 3.71. The van der Waals surface area contributed by atoms with E-state index in [1.807, 2.05) is 18.2 Å². The van der Waals surface area contributed by atoms with Gasteiger partial charge >= 0.3 is 0 Å². The summed E-state index contributed by atoms with van der Waals surface area (Å²) in [6.45, 7) is 0.0624. The first-order chi connectivity index (χ1) is 16.3. The molecule has 0 fully saturated rings. The Morgan fingerprint density at radius 1 is 1.06 bits per heavy atom. The van der Waals surface area contributed by atoms with E-state index in [1.54, 1.807) is 6.07 Å². The fourth-order valence-electron chi connectivity index (χ4n) is 3.15. The van der Waals surface area contributed by atoms with Crippen molar-refractivity contribution < 1.29 is 27.1 Å². The minimum absolute atomic E-state index is 0.106. The van der Waals surface area contributed by atoms with Gasteiger partial charge in [-0.25, -0.2) is 18.2 Å². The van der Waals surface area contributed by atoms with Crippen LogP contribution in [0.4, 0.5) is 10.1 Å². The molecular formula is C23H19BrFN3O5S. The van der Waals surface area contributed by atoms with Crippen molar-refractivity contribution in [2.24, 2.45) is 5.10 Å². The van der Waals surface area contributed by atoms with E-state index in [4.69, 9.17) is 9.47 Å². The molecular weight excluding hydrogens is 529 g/mol. The summed E-state index contributed by atoms with van der Waals surface area (Å²) < 4.78 is 53.0. The Kier molecular flexibility index (Phi) is 7.13. The summed E-state index contributed by atoms with van der Waals surface area (Å²) in [6, 6.07) is 16.2. The third kappa shape index (κ3) is 5.37. The molecule has 0 bridgehead atoms. The van der Waals surface area contributed by atoms with Crippen LogP contribution in [0.1, 0.15) is 5.56 Å². The largest absolute Gasteiger partial charge is 0.486 e. The average Bonchev–Trinajstić information content (AvgIpc) is 2.84. The molecule has 1 aliphatic heterocycles. The van der Waals surface area contributed by atoms with Gasteiger partial charge in [-0.05, 0) is 42.5 Å². The van der Waals surface area contributed by atoms with Gasteiger partial charge in [0.1, 0.15) is 25.6 Å². The van der Waals surface area contributed by atoms with Crippen molar-refractivity contribution in [1.82, 2.24) is 5.43 Å². The fraction of sp³-hybridized carbons (Fsp3) is 0.130. The lowest BCUT2D eigenvalue weighted by Gasteiger charge is -2.25. The van der Waals surface area contributed by atoms with Gasteiger partial charge < -0.3 is 9.47 Å². The monoisotopic (exact) mass is 547 g/mol. The number of carbonyl (C=O) groups excluding carboxylic acids is 1. The van der Waals surface area contributed by atoms with Crippen molar-refractivity contribution in [3.8, 4) is 11.5 Å². The number of fused-ring (bicyclic) bond motifs is 1. The summed E-state index contributed by atoms with van der Waals surface area (Å²) in [5.74, 6) is -0.511. The maximum Gasteiger partial charge on any atom is 0.264 e. The van der Waals surface area contributed by atoms with Crippen LogP contribution in [0, 0.1) is 5.82 Å². The molecule has 0 saturated carbocycles. The number of nitrogens with one attached hydrogen (secondary N) is 1. The molecule has 4 rings (SSSR count). The third-order valence-corrected chi connectivity index (χ3v) is 7.29. The van der Waals surface area contributed by atoms with Gasteiger partial charge in [0, 0.05) is 16.1 Å². The molecule has 11 heteroatoms. The molecule has 0 aromatic heterocycles. The molecule has 8 nitrogen and oxygen atoms in total. The summed E-state index contributed by atoms with van der Waals surface area (Å²) in [7, 11) is -4.22. The van der Waals surface area contributed by atoms with Gasteiger partial charge in [0.15, 0.2) is 11.5 Å². The lowest BCUT2D eigenvalue weighted by Crippen LogP contribution is -2.39. The lowest BCUT2D eigenvalue weighted by atomic mass is 10.2. The molecule has 1 amide bonds. The van der Waals surface area contributed by atoms with Gasteiger partial charge in [-0.1, -0.05) is 34.1 Å². The summed E-state index contributed by atoms with van der Waals surface area (Å²) in [6.07, 6.45) is 1.43. The Morgan fingerprint density at radius 3 is 2.50 bits per heavy atom. The first-order valence-corrected chi connectivity index (χ1v) is 12.3. The van der Waals surface area contributed by atoms with E-state index in [2.05, 4.69) is 26.5 Å². The van der Waals surface area contributed by atoms with Crippen LogP contribution in [0.15, 0.2) is 81.2 Å². The molecule has 0 unspecified atom stereocenters.